The summed E-state index contributed by atoms with van der Waals surface area (Å²) in [5.74, 6) is 1.91. The molecule has 0 bridgehead atoms. The van der Waals surface area contributed by atoms with E-state index < -0.39 is 4.92 Å². The van der Waals surface area contributed by atoms with Crippen molar-refractivity contribution in [2.75, 3.05) is 11.1 Å². The number of aryl methyl sites for hydroxylation is 1. The zero-order chi connectivity index (χ0) is 22.5. The van der Waals surface area contributed by atoms with Crippen molar-refractivity contribution >= 4 is 52.0 Å². The lowest BCUT2D eigenvalue weighted by Crippen LogP contribution is -2.13. The van der Waals surface area contributed by atoms with E-state index in [1.807, 2.05) is 19.1 Å². The molecule has 1 amide bonds. The van der Waals surface area contributed by atoms with Crippen LogP contribution in [-0.4, -0.2) is 36.7 Å². The van der Waals surface area contributed by atoms with Gasteiger partial charge in [-0.3, -0.25) is 20.0 Å². The first-order chi connectivity index (χ1) is 15.5. The van der Waals surface area contributed by atoms with E-state index >= 15 is 0 Å². The van der Waals surface area contributed by atoms with Crippen LogP contribution in [0.4, 0.5) is 10.8 Å². The topological polar surface area (TPSA) is 140 Å². The summed E-state index contributed by atoms with van der Waals surface area (Å²) in [6, 6.07) is 9.90. The Labute approximate surface area is 189 Å². The highest BCUT2D eigenvalue weighted by molar-refractivity contribution is 7.99. The maximum absolute atomic E-state index is 12.2. The number of nitro groups is 1. The SMILES string of the molecule is Cc1ccc(/C=C/c2nc(SCC(=O)Nc3nc(-c4cccc([N+](=O)[O-])c4)cs3)n[nH]2)o1. The van der Waals surface area contributed by atoms with Crippen LogP contribution in [0, 0.1) is 17.0 Å². The molecule has 0 aliphatic rings. The molecule has 10 nitrogen and oxygen atoms in total. The average molecular weight is 469 g/mol. The number of hydrogen-bond acceptors (Lipinski definition) is 9. The minimum absolute atomic E-state index is 0.0162. The number of aromatic nitrogens is 4. The molecule has 4 rings (SSSR count). The van der Waals surface area contributed by atoms with E-state index in [2.05, 4.69) is 25.5 Å². The van der Waals surface area contributed by atoms with Gasteiger partial charge in [-0.2, -0.15) is 0 Å². The Hall–Kier alpha value is -3.77. The van der Waals surface area contributed by atoms with Gasteiger partial charge in [0.25, 0.3) is 5.69 Å². The van der Waals surface area contributed by atoms with Crippen LogP contribution in [0.3, 0.4) is 0 Å². The summed E-state index contributed by atoms with van der Waals surface area (Å²) in [6.45, 7) is 1.87. The van der Waals surface area contributed by atoms with Gasteiger partial charge in [0, 0.05) is 23.1 Å². The normalized spacial score (nSPS) is 11.2. The molecule has 32 heavy (non-hydrogen) atoms. The number of rotatable bonds is 8. The van der Waals surface area contributed by atoms with Crippen molar-refractivity contribution in [2.45, 2.75) is 12.1 Å². The van der Waals surface area contributed by atoms with E-state index in [0.29, 0.717) is 33.1 Å². The molecule has 3 heterocycles. The number of amides is 1. The van der Waals surface area contributed by atoms with Crippen LogP contribution in [-0.2, 0) is 4.79 Å². The first-order valence-electron chi connectivity index (χ1n) is 9.26. The smallest absolute Gasteiger partial charge is 0.270 e. The fourth-order valence-corrected chi connectivity index (χ4v) is 3.97. The lowest BCUT2D eigenvalue weighted by atomic mass is 10.1. The van der Waals surface area contributed by atoms with Gasteiger partial charge in [0.15, 0.2) is 5.13 Å². The molecule has 162 valence electrons. The summed E-state index contributed by atoms with van der Waals surface area (Å²) in [5.41, 5.74) is 1.15. The van der Waals surface area contributed by atoms with Gasteiger partial charge < -0.3 is 9.73 Å². The molecular weight excluding hydrogens is 452 g/mol. The molecule has 0 unspecified atom stereocenters. The highest BCUT2D eigenvalue weighted by atomic mass is 32.2. The van der Waals surface area contributed by atoms with Crippen molar-refractivity contribution in [1.82, 2.24) is 20.2 Å². The fraction of sp³-hybridized carbons (Fsp3) is 0.100. The highest BCUT2D eigenvalue weighted by Crippen LogP contribution is 2.27. The van der Waals surface area contributed by atoms with Crippen LogP contribution in [0.1, 0.15) is 17.3 Å². The number of anilines is 1. The third kappa shape index (κ3) is 5.47. The summed E-state index contributed by atoms with van der Waals surface area (Å²) >= 11 is 2.42. The van der Waals surface area contributed by atoms with Gasteiger partial charge in [-0.25, -0.2) is 9.97 Å². The maximum Gasteiger partial charge on any atom is 0.270 e. The largest absolute Gasteiger partial charge is 0.462 e. The maximum atomic E-state index is 12.2. The number of carbonyl (C=O) groups excluding carboxylic acids is 1. The molecule has 0 atom stereocenters. The number of furan rings is 1. The van der Waals surface area contributed by atoms with Gasteiger partial charge in [0.05, 0.1) is 16.4 Å². The molecule has 0 aliphatic carbocycles. The van der Waals surface area contributed by atoms with Gasteiger partial charge in [0.2, 0.25) is 11.1 Å². The third-order valence-electron chi connectivity index (χ3n) is 4.08. The Morgan fingerprint density at radius 2 is 2.19 bits per heavy atom. The van der Waals surface area contributed by atoms with Crippen LogP contribution in [0.2, 0.25) is 0 Å². The van der Waals surface area contributed by atoms with E-state index in [1.54, 1.807) is 29.7 Å². The molecule has 0 radical (unpaired) electrons. The Morgan fingerprint density at radius 1 is 1.31 bits per heavy atom. The molecule has 0 spiro atoms. The van der Waals surface area contributed by atoms with Crippen LogP contribution >= 0.6 is 23.1 Å². The van der Waals surface area contributed by atoms with E-state index in [4.69, 9.17) is 4.42 Å². The van der Waals surface area contributed by atoms with E-state index in [9.17, 15) is 14.9 Å². The number of nitro benzene ring substituents is 1. The van der Waals surface area contributed by atoms with Crippen molar-refractivity contribution < 1.29 is 14.1 Å². The number of nitrogens with zero attached hydrogens (tertiary/aromatic N) is 4. The fourth-order valence-electron chi connectivity index (χ4n) is 2.63. The molecule has 4 aromatic rings. The number of thiazole rings is 1. The van der Waals surface area contributed by atoms with Crippen LogP contribution < -0.4 is 5.32 Å². The number of non-ortho nitro benzene ring substituents is 1. The molecule has 2 N–H and O–H groups in total. The molecule has 12 heteroatoms. The monoisotopic (exact) mass is 468 g/mol. The number of aromatic amines is 1. The first-order valence-corrected chi connectivity index (χ1v) is 11.1. The molecule has 1 aromatic carbocycles. The van der Waals surface area contributed by atoms with E-state index in [1.165, 1.54) is 35.2 Å². The minimum Gasteiger partial charge on any atom is -0.462 e. The minimum atomic E-state index is -0.460. The molecule has 0 saturated carbocycles. The zero-order valence-electron chi connectivity index (χ0n) is 16.6. The summed E-state index contributed by atoms with van der Waals surface area (Å²) < 4.78 is 5.45. The average Bonchev–Trinajstić information content (AvgIpc) is 3.52. The second kappa shape index (κ2) is 9.58. The summed E-state index contributed by atoms with van der Waals surface area (Å²) in [7, 11) is 0. The predicted octanol–water partition coefficient (Wildman–Crippen LogP) is 4.64. The molecular formula is C20H16N6O4S2. The van der Waals surface area contributed by atoms with Gasteiger partial charge in [-0.05, 0) is 31.2 Å². The lowest BCUT2D eigenvalue weighted by Gasteiger charge is -1.99. The van der Waals surface area contributed by atoms with Crippen molar-refractivity contribution in [3.8, 4) is 11.3 Å². The molecule has 0 saturated heterocycles. The standard InChI is InChI=1S/C20H16N6O4S2/c1-12-5-6-15(30-12)7-8-17-22-20(25-24-17)32-11-18(27)23-19-21-16(10-31-19)13-3-2-4-14(9-13)26(28)29/h2-10H,11H2,1H3,(H,21,23,27)(H,22,24,25)/b8-7+. The van der Waals surface area contributed by atoms with Crippen molar-refractivity contribution in [3.05, 3.63) is 69.2 Å². The molecule has 3 aromatic heterocycles. The van der Waals surface area contributed by atoms with Gasteiger partial charge in [-0.1, -0.05) is 23.9 Å². The zero-order valence-corrected chi connectivity index (χ0v) is 18.3. The van der Waals surface area contributed by atoms with Gasteiger partial charge in [0.1, 0.15) is 17.3 Å². The quantitative estimate of drug-likeness (QED) is 0.216. The number of thioether (sulfide) groups is 1. The van der Waals surface area contributed by atoms with Crippen LogP contribution in [0.5, 0.6) is 0 Å². The number of carbonyl (C=O) groups is 1. The number of hydrogen-bond donors (Lipinski definition) is 2. The van der Waals surface area contributed by atoms with Crippen LogP contribution in [0.15, 0.2) is 51.4 Å². The second-order valence-corrected chi connectivity index (χ2v) is 8.27. The van der Waals surface area contributed by atoms with Gasteiger partial charge in [-0.15, -0.1) is 16.4 Å². The lowest BCUT2D eigenvalue weighted by molar-refractivity contribution is -0.384. The third-order valence-corrected chi connectivity index (χ3v) is 5.69. The van der Waals surface area contributed by atoms with Gasteiger partial charge >= 0.3 is 0 Å². The first kappa shape index (κ1) is 21.5. The van der Waals surface area contributed by atoms with E-state index in [0.717, 1.165) is 5.76 Å². The Bertz CT molecular complexity index is 1290. The van der Waals surface area contributed by atoms with Crippen LogP contribution in [0.25, 0.3) is 23.4 Å². The van der Waals surface area contributed by atoms with Crippen molar-refractivity contribution in [1.29, 1.82) is 0 Å². The predicted molar refractivity (Wildman–Crippen MR) is 122 cm³/mol. The Morgan fingerprint density at radius 3 is 2.97 bits per heavy atom. The number of benzene rings is 1. The second-order valence-electron chi connectivity index (χ2n) is 6.47. The number of H-pyrrole nitrogens is 1. The summed E-state index contributed by atoms with van der Waals surface area (Å²) in [6.07, 6.45) is 3.51. The van der Waals surface area contributed by atoms with Crippen molar-refractivity contribution in [2.24, 2.45) is 0 Å². The van der Waals surface area contributed by atoms with Crippen molar-refractivity contribution in [3.63, 3.8) is 0 Å². The Balaban J connectivity index is 1.30. The number of nitrogens with one attached hydrogen (secondary N) is 2. The summed E-state index contributed by atoms with van der Waals surface area (Å²) in [4.78, 5) is 31.4. The Kier molecular flexibility index (Phi) is 6.42. The molecule has 0 aliphatic heterocycles. The van der Waals surface area contributed by atoms with E-state index in [-0.39, 0.29) is 17.3 Å². The summed E-state index contributed by atoms with van der Waals surface area (Å²) in [5, 5.41) is 23.1. The molecule has 0 fully saturated rings. The highest BCUT2D eigenvalue weighted by Gasteiger charge is 2.12.